The summed E-state index contributed by atoms with van der Waals surface area (Å²) in [7, 11) is 3.58. The van der Waals surface area contributed by atoms with E-state index < -0.39 is 23.3 Å². The molecule has 0 spiro atoms. The quantitative estimate of drug-likeness (QED) is 0.383. The summed E-state index contributed by atoms with van der Waals surface area (Å²) >= 11 is 0. The number of fused-ring (bicyclic) bond motifs is 1. The van der Waals surface area contributed by atoms with Crippen LogP contribution in [-0.4, -0.2) is 54.7 Å². The molecule has 0 atom stereocenters. The second kappa shape index (κ2) is 9.00. The molecule has 0 aliphatic rings. The molecule has 37 heavy (non-hydrogen) atoms. The van der Waals surface area contributed by atoms with Gasteiger partial charge in [-0.05, 0) is 18.6 Å². The van der Waals surface area contributed by atoms with Crippen molar-refractivity contribution in [2.24, 2.45) is 0 Å². The number of carbonyl (C=O) groups excluding carboxylic acids is 1. The van der Waals surface area contributed by atoms with Crippen LogP contribution in [0.3, 0.4) is 0 Å². The molecule has 0 unspecified atom stereocenters. The number of anilines is 2. The molecule has 10 nitrogen and oxygen atoms in total. The van der Waals surface area contributed by atoms with Crippen LogP contribution in [-0.2, 0) is 6.18 Å². The molecule has 4 heterocycles. The molecule has 1 aromatic carbocycles. The molecule has 5 aromatic rings. The number of aromatic nitrogens is 7. The van der Waals surface area contributed by atoms with Gasteiger partial charge >= 0.3 is 6.18 Å². The summed E-state index contributed by atoms with van der Waals surface area (Å²) in [4.78, 5) is 24.6. The van der Waals surface area contributed by atoms with Gasteiger partial charge in [0.1, 0.15) is 5.82 Å². The molecule has 0 aliphatic heterocycles. The van der Waals surface area contributed by atoms with Crippen LogP contribution >= 0.6 is 0 Å². The van der Waals surface area contributed by atoms with Gasteiger partial charge in [0.2, 0.25) is 0 Å². The zero-order chi connectivity index (χ0) is 26.3. The van der Waals surface area contributed by atoms with Crippen LogP contribution in [0.4, 0.5) is 24.7 Å². The molecule has 1 amide bonds. The predicted octanol–water partition coefficient (Wildman–Crippen LogP) is 4.04. The van der Waals surface area contributed by atoms with Crippen LogP contribution in [0.2, 0.25) is 0 Å². The highest BCUT2D eigenvalue weighted by Crippen LogP contribution is 2.36. The summed E-state index contributed by atoms with van der Waals surface area (Å²) in [6.07, 6.45) is 1.62. The van der Waals surface area contributed by atoms with Crippen LogP contribution in [0, 0.1) is 6.92 Å². The van der Waals surface area contributed by atoms with Gasteiger partial charge in [-0.1, -0.05) is 24.3 Å². The molecule has 13 heteroatoms. The van der Waals surface area contributed by atoms with Crippen molar-refractivity contribution < 1.29 is 18.0 Å². The van der Waals surface area contributed by atoms with Gasteiger partial charge in [0.05, 0.1) is 47.9 Å². The number of hydrogen-bond donors (Lipinski definition) is 1. The number of alkyl halides is 3. The summed E-state index contributed by atoms with van der Waals surface area (Å²) < 4.78 is 43.6. The number of rotatable bonds is 5. The molecule has 0 saturated heterocycles. The van der Waals surface area contributed by atoms with E-state index in [4.69, 9.17) is 0 Å². The molecule has 1 N–H and O–H groups in total. The smallest absolute Gasteiger partial charge is 0.362 e. The summed E-state index contributed by atoms with van der Waals surface area (Å²) in [5, 5.41) is 15.6. The van der Waals surface area contributed by atoms with Gasteiger partial charge in [-0.15, -0.1) is 4.80 Å². The lowest BCUT2D eigenvalue weighted by atomic mass is 10.1. The number of nitrogens with zero attached hydrogens (tertiary/aromatic N) is 8. The fourth-order valence-corrected chi connectivity index (χ4v) is 4.03. The zero-order valence-corrected chi connectivity index (χ0v) is 19.9. The maximum Gasteiger partial charge on any atom is 0.434 e. The van der Waals surface area contributed by atoms with Gasteiger partial charge in [0.25, 0.3) is 5.91 Å². The highest BCUT2D eigenvalue weighted by atomic mass is 19.4. The number of halogens is 3. The Kier molecular flexibility index (Phi) is 5.82. The molecule has 5 rings (SSSR count). The first-order valence-corrected chi connectivity index (χ1v) is 11.0. The number of hydrogen-bond acceptors (Lipinski definition) is 7. The lowest BCUT2D eigenvalue weighted by molar-refractivity contribution is -0.143. The molecule has 0 bridgehead atoms. The highest BCUT2D eigenvalue weighted by Gasteiger charge is 2.41. The molecule has 0 fully saturated rings. The molecular weight excluding hydrogens is 487 g/mol. The summed E-state index contributed by atoms with van der Waals surface area (Å²) in [5.74, 6) is 0.0360. The van der Waals surface area contributed by atoms with Crippen molar-refractivity contribution in [3.63, 3.8) is 0 Å². The summed E-state index contributed by atoms with van der Waals surface area (Å²) in [6.45, 7) is 1.72. The monoisotopic (exact) mass is 507 g/mol. The fourth-order valence-electron chi connectivity index (χ4n) is 4.03. The Labute approximate surface area is 208 Å². The largest absolute Gasteiger partial charge is 0.434 e. The van der Waals surface area contributed by atoms with Crippen molar-refractivity contribution in [3.05, 3.63) is 78.1 Å². The second-order valence-electron chi connectivity index (χ2n) is 8.36. The van der Waals surface area contributed by atoms with E-state index in [1.807, 2.05) is 0 Å². The summed E-state index contributed by atoms with van der Waals surface area (Å²) in [6, 6.07) is 8.51. The standard InChI is InChI=1S/C24H20F3N9O/c1-14-10-15(11-28-21(14)36-30-8-9-31-36)33-23(37)18-12-32-35(20(18)24(25,26)27)19-13-29-22(34(2)3)17-7-5-4-6-16(17)19/h4-13H,1-3H3,(H,33,37). The lowest BCUT2D eigenvalue weighted by Crippen LogP contribution is -2.21. The van der Waals surface area contributed by atoms with Crippen LogP contribution in [0.1, 0.15) is 21.6 Å². The first-order valence-electron chi connectivity index (χ1n) is 11.0. The Morgan fingerprint density at radius 2 is 1.68 bits per heavy atom. The van der Waals surface area contributed by atoms with Crippen LogP contribution in [0.5, 0.6) is 0 Å². The first kappa shape index (κ1) is 23.9. The Hall–Kier alpha value is -4.81. The van der Waals surface area contributed by atoms with E-state index in [0.29, 0.717) is 32.7 Å². The fraction of sp³-hybridized carbons (Fsp3) is 0.167. The Morgan fingerprint density at radius 3 is 2.32 bits per heavy atom. The van der Waals surface area contributed by atoms with Crippen molar-refractivity contribution in [3.8, 4) is 11.5 Å². The maximum absolute atomic E-state index is 14.3. The van der Waals surface area contributed by atoms with Crippen molar-refractivity contribution in [1.29, 1.82) is 0 Å². The molecule has 4 aromatic heterocycles. The predicted molar refractivity (Wildman–Crippen MR) is 130 cm³/mol. The van der Waals surface area contributed by atoms with Crippen LogP contribution in [0.25, 0.3) is 22.3 Å². The number of amides is 1. The van der Waals surface area contributed by atoms with Gasteiger partial charge in [-0.25, -0.2) is 14.6 Å². The average Bonchev–Trinajstić information content (AvgIpc) is 3.54. The Morgan fingerprint density at radius 1 is 0.973 bits per heavy atom. The number of pyridine rings is 2. The number of nitrogens with one attached hydrogen (secondary N) is 1. The molecule has 188 valence electrons. The highest BCUT2D eigenvalue weighted by molar-refractivity contribution is 6.05. The van der Waals surface area contributed by atoms with Crippen LogP contribution in [0.15, 0.2) is 61.3 Å². The first-order chi connectivity index (χ1) is 17.6. The van der Waals surface area contributed by atoms with Crippen molar-refractivity contribution >= 4 is 28.2 Å². The van der Waals surface area contributed by atoms with E-state index in [1.54, 1.807) is 56.3 Å². The minimum absolute atomic E-state index is 0.0983. The van der Waals surface area contributed by atoms with Gasteiger partial charge in [-0.2, -0.15) is 28.5 Å². The molecular formula is C24H20F3N9O. The van der Waals surface area contributed by atoms with Crippen molar-refractivity contribution in [1.82, 2.24) is 34.7 Å². The molecule has 0 aliphatic carbocycles. The number of benzene rings is 1. The van der Waals surface area contributed by atoms with E-state index in [0.717, 1.165) is 6.20 Å². The average molecular weight is 507 g/mol. The topological polar surface area (TPSA) is 107 Å². The SMILES string of the molecule is Cc1cc(NC(=O)c2cnn(-c3cnc(N(C)C)c4ccccc34)c2C(F)(F)F)cnc1-n1nccn1. The number of carbonyl (C=O) groups is 1. The Balaban J connectivity index is 1.55. The van der Waals surface area contributed by atoms with E-state index in [9.17, 15) is 18.0 Å². The van der Waals surface area contributed by atoms with Crippen molar-refractivity contribution in [2.45, 2.75) is 13.1 Å². The minimum atomic E-state index is -4.88. The molecule has 0 saturated carbocycles. The lowest BCUT2D eigenvalue weighted by Gasteiger charge is -2.18. The van der Waals surface area contributed by atoms with Gasteiger partial charge in [0.15, 0.2) is 11.5 Å². The third kappa shape index (κ3) is 4.35. The van der Waals surface area contributed by atoms with Crippen LogP contribution < -0.4 is 10.2 Å². The minimum Gasteiger partial charge on any atom is -0.362 e. The third-order valence-corrected chi connectivity index (χ3v) is 5.60. The summed E-state index contributed by atoms with van der Waals surface area (Å²) in [5.41, 5.74) is -0.928. The van der Waals surface area contributed by atoms with Gasteiger partial charge < -0.3 is 10.2 Å². The molecule has 0 radical (unpaired) electrons. The normalized spacial score (nSPS) is 11.6. The maximum atomic E-state index is 14.3. The van der Waals surface area contributed by atoms with Gasteiger partial charge in [0, 0.05) is 24.9 Å². The van der Waals surface area contributed by atoms with E-state index >= 15 is 0 Å². The number of aryl methyl sites for hydroxylation is 1. The van der Waals surface area contributed by atoms with E-state index in [-0.39, 0.29) is 11.4 Å². The van der Waals surface area contributed by atoms with E-state index in [1.165, 1.54) is 29.6 Å². The zero-order valence-electron chi connectivity index (χ0n) is 19.9. The second-order valence-corrected chi connectivity index (χ2v) is 8.36. The van der Waals surface area contributed by atoms with E-state index in [2.05, 4.69) is 30.6 Å². The Bertz CT molecular complexity index is 1610. The van der Waals surface area contributed by atoms with Crippen molar-refractivity contribution in [2.75, 3.05) is 24.3 Å². The third-order valence-electron chi connectivity index (χ3n) is 5.60. The van der Waals surface area contributed by atoms with Gasteiger partial charge in [-0.3, -0.25) is 4.79 Å².